The fourth-order valence-electron chi connectivity index (χ4n) is 0.792. The van der Waals surface area contributed by atoms with Gasteiger partial charge in [0.1, 0.15) is 5.69 Å². The predicted molar refractivity (Wildman–Crippen MR) is 40.8 cm³/mol. The Morgan fingerprint density at radius 2 is 2.17 bits per heavy atom. The standard InChI is InChI=1S/C6H7N3O3/c1-9-3(5(7)11)2-4(10)8-6(9)12/h2H,1H3,(H2,7,11)(H,8,10,12). The number of aromatic nitrogens is 2. The van der Waals surface area contributed by atoms with E-state index in [-0.39, 0.29) is 5.69 Å². The summed E-state index contributed by atoms with van der Waals surface area (Å²) in [5.41, 5.74) is 3.50. The molecular weight excluding hydrogens is 162 g/mol. The number of primary amides is 1. The van der Waals surface area contributed by atoms with Gasteiger partial charge in [0.25, 0.3) is 11.5 Å². The van der Waals surface area contributed by atoms with Crippen LogP contribution in [0.15, 0.2) is 15.7 Å². The molecule has 0 radical (unpaired) electrons. The Morgan fingerprint density at radius 1 is 1.58 bits per heavy atom. The van der Waals surface area contributed by atoms with Crippen LogP contribution in [0.3, 0.4) is 0 Å². The van der Waals surface area contributed by atoms with Crippen LogP contribution in [0.2, 0.25) is 0 Å². The molecule has 64 valence electrons. The summed E-state index contributed by atoms with van der Waals surface area (Å²) in [6.07, 6.45) is 0. The van der Waals surface area contributed by atoms with Gasteiger partial charge in [0.05, 0.1) is 0 Å². The highest BCUT2D eigenvalue weighted by atomic mass is 16.2. The SMILES string of the molecule is Cn1c(C(N)=O)cc(=O)[nH]c1=O. The second-order valence-corrected chi connectivity index (χ2v) is 2.25. The van der Waals surface area contributed by atoms with E-state index < -0.39 is 17.2 Å². The lowest BCUT2D eigenvalue weighted by Crippen LogP contribution is -2.33. The summed E-state index contributed by atoms with van der Waals surface area (Å²) in [6.45, 7) is 0. The number of carbonyl (C=O) groups is 1. The smallest absolute Gasteiger partial charge is 0.328 e. The summed E-state index contributed by atoms with van der Waals surface area (Å²) in [5.74, 6) is -0.805. The van der Waals surface area contributed by atoms with E-state index >= 15 is 0 Å². The second-order valence-electron chi connectivity index (χ2n) is 2.25. The molecule has 0 unspecified atom stereocenters. The molecule has 0 saturated heterocycles. The quantitative estimate of drug-likeness (QED) is 0.517. The monoisotopic (exact) mass is 169 g/mol. The van der Waals surface area contributed by atoms with Crippen LogP contribution >= 0.6 is 0 Å². The van der Waals surface area contributed by atoms with Gasteiger partial charge in [0, 0.05) is 13.1 Å². The van der Waals surface area contributed by atoms with Crippen molar-refractivity contribution in [3.05, 3.63) is 32.6 Å². The normalized spacial score (nSPS) is 9.75. The number of nitrogens with two attached hydrogens (primary N) is 1. The summed E-state index contributed by atoms with van der Waals surface area (Å²) < 4.78 is 0.976. The van der Waals surface area contributed by atoms with E-state index in [1.807, 2.05) is 4.98 Å². The molecule has 0 atom stereocenters. The summed E-state index contributed by atoms with van der Waals surface area (Å²) in [7, 11) is 1.35. The predicted octanol–water partition coefficient (Wildman–Crippen LogP) is -1.83. The number of carbonyl (C=O) groups excluding carboxylic acids is 1. The Kier molecular flexibility index (Phi) is 1.82. The highest BCUT2D eigenvalue weighted by Gasteiger charge is 2.06. The lowest BCUT2D eigenvalue weighted by molar-refractivity contribution is 0.0991. The van der Waals surface area contributed by atoms with Crippen LogP contribution in [0.25, 0.3) is 0 Å². The molecule has 1 rings (SSSR count). The van der Waals surface area contributed by atoms with Crippen molar-refractivity contribution in [2.75, 3.05) is 0 Å². The number of H-pyrrole nitrogens is 1. The molecule has 0 aliphatic carbocycles. The van der Waals surface area contributed by atoms with Crippen molar-refractivity contribution < 1.29 is 4.79 Å². The maximum atomic E-state index is 10.9. The Bertz CT molecular complexity index is 428. The Morgan fingerprint density at radius 3 is 2.67 bits per heavy atom. The van der Waals surface area contributed by atoms with E-state index in [4.69, 9.17) is 5.73 Å². The molecule has 0 aliphatic heterocycles. The number of aromatic amines is 1. The summed E-state index contributed by atoms with van der Waals surface area (Å²) >= 11 is 0. The number of nitrogens with zero attached hydrogens (tertiary/aromatic N) is 1. The van der Waals surface area contributed by atoms with E-state index in [2.05, 4.69) is 0 Å². The van der Waals surface area contributed by atoms with Gasteiger partial charge in [0.2, 0.25) is 0 Å². The maximum absolute atomic E-state index is 10.9. The van der Waals surface area contributed by atoms with Crippen LogP contribution in [0.1, 0.15) is 10.5 Å². The van der Waals surface area contributed by atoms with Crippen LogP contribution in [-0.2, 0) is 7.05 Å². The van der Waals surface area contributed by atoms with Gasteiger partial charge in [-0.05, 0) is 0 Å². The minimum Gasteiger partial charge on any atom is -0.364 e. The Balaban J connectivity index is 3.59. The maximum Gasteiger partial charge on any atom is 0.328 e. The molecule has 1 aromatic rings. The molecule has 0 aromatic carbocycles. The van der Waals surface area contributed by atoms with Crippen molar-refractivity contribution in [2.45, 2.75) is 0 Å². The van der Waals surface area contributed by atoms with Gasteiger partial charge < -0.3 is 5.73 Å². The fourth-order valence-corrected chi connectivity index (χ4v) is 0.792. The highest BCUT2D eigenvalue weighted by Crippen LogP contribution is 1.85. The van der Waals surface area contributed by atoms with Crippen molar-refractivity contribution in [3.63, 3.8) is 0 Å². The summed E-state index contributed by atoms with van der Waals surface area (Å²) in [4.78, 5) is 34.2. The molecule has 6 nitrogen and oxygen atoms in total. The number of amides is 1. The Labute approximate surface area is 66.6 Å². The first-order chi connectivity index (χ1) is 5.52. The van der Waals surface area contributed by atoms with Gasteiger partial charge in [-0.15, -0.1) is 0 Å². The topological polar surface area (TPSA) is 97.9 Å². The van der Waals surface area contributed by atoms with Crippen molar-refractivity contribution in [2.24, 2.45) is 12.8 Å². The minimum atomic E-state index is -0.805. The van der Waals surface area contributed by atoms with Crippen molar-refractivity contribution in [1.82, 2.24) is 9.55 Å². The third kappa shape index (κ3) is 1.26. The molecule has 0 aliphatic rings. The first-order valence-corrected chi connectivity index (χ1v) is 3.12. The molecule has 12 heavy (non-hydrogen) atoms. The summed E-state index contributed by atoms with van der Waals surface area (Å²) in [6, 6.07) is 0.976. The molecule has 0 bridgehead atoms. The average Bonchev–Trinajstić information content (AvgIpc) is 1.96. The average molecular weight is 169 g/mol. The molecule has 0 saturated carbocycles. The molecular formula is C6H7N3O3. The van der Waals surface area contributed by atoms with E-state index in [0.29, 0.717) is 0 Å². The van der Waals surface area contributed by atoms with Crippen LogP contribution in [0.5, 0.6) is 0 Å². The minimum absolute atomic E-state index is 0.108. The van der Waals surface area contributed by atoms with E-state index in [0.717, 1.165) is 10.6 Å². The lowest BCUT2D eigenvalue weighted by Gasteiger charge is -2.00. The molecule has 1 heterocycles. The number of rotatable bonds is 1. The van der Waals surface area contributed by atoms with E-state index in [1.54, 1.807) is 0 Å². The van der Waals surface area contributed by atoms with Crippen LogP contribution in [0, 0.1) is 0 Å². The zero-order valence-electron chi connectivity index (χ0n) is 6.33. The van der Waals surface area contributed by atoms with Gasteiger partial charge in [0.15, 0.2) is 0 Å². The van der Waals surface area contributed by atoms with E-state index in [9.17, 15) is 14.4 Å². The first kappa shape index (κ1) is 8.25. The van der Waals surface area contributed by atoms with Gasteiger partial charge in [-0.25, -0.2) is 4.79 Å². The molecule has 3 N–H and O–H groups in total. The van der Waals surface area contributed by atoms with Crippen LogP contribution in [-0.4, -0.2) is 15.5 Å². The highest BCUT2D eigenvalue weighted by molar-refractivity contribution is 5.90. The third-order valence-electron chi connectivity index (χ3n) is 1.42. The fraction of sp³-hybridized carbons (Fsp3) is 0.167. The second kappa shape index (κ2) is 2.65. The van der Waals surface area contributed by atoms with Crippen LogP contribution in [0.4, 0.5) is 0 Å². The van der Waals surface area contributed by atoms with Gasteiger partial charge >= 0.3 is 5.69 Å². The Hall–Kier alpha value is -1.85. The zero-order valence-corrected chi connectivity index (χ0v) is 6.33. The largest absolute Gasteiger partial charge is 0.364 e. The van der Waals surface area contributed by atoms with E-state index in [1.165, 1.54) is 7.05 Å². The van der Waals surface area contributed by atoms with Crippen molar-refractivity contribution >= 4 is 5.91 Å². The lowest BCUT2D eigenvalue weighted by atomic mass is 10.4. The van der Waals surface area contributed by atoms with Gasteiger partial charge in [-0.3, -0.25) is 19.1 Å². The number of hydrogen-bond donors (Lipinski definition) is 2. The molecule has 6 heteroatoms. The van der Waals surface area contributed by atoms with Crippen LogP contribution < -0.4 is 17.0 Å². The van der Waals surface area contributed by atoms with Gasteiger partial charge in [-0.1, -0.05) is 0 Å². The van der Waals surface area contributed by atoms with Crippen molar-refractivity contribution in [3.8, 4) is 0 Å². The number of nitrogens with one attached hydrogen (secondary N) is 1. The molecule has 0 spiro atoms. The third-order valence-corrected chi connectivity index (χ3v) is 1.42. The zero-order chi connectivity index (χ0) is 9.30. The molecule has 1 amide bonds. The molecule has 1 aromatic heterocycles. The molecule has 0 fully saturated rings. The summed E-state index contributed by atoms with van der Waals surface area (Å²) in [5, 5.41) is 0. The van der Waals surface area contributed by atoms with Crippen molar-refractivity contribution in [1.29, 1.82) is 0 Å². The number of hydrogen-bond acceptors (Lipinski definition) is 3. The first-order valence-electron chi connectivity index (χ1n) is 3.12. The van der Waals surface area contributed by atoms with Gasteiger partial charge in [-0.2, -0.15) is 0 Å².